The molecule has 0 bridgehead atoms. The van der Waals surface area contributed by atoms with Crippen molar-refractivity contribution in [1.82, 2.24) is 10.6 Å². The third-order valence-corrected chi connectivity index (χ3v) is 4.16. The molecule has 1 aliphatic rings. The number of amides is 2. The first-order chi connectivity index (χ1) is 10.0. The SMILES string of the molecule is C[C@H](NC(=O)C1CCCCC1)C(=O)NC(C)(C)CC(C)(C)C. The third kappa shape index (κ3) is 6.80. The van der Waals surface area contributed by atoms with E-state index in [1.54, 1.807) is 6.92 Å². The largest absolute Gasteiger partial charge is 0.349 e. The summed E-state index contributed by atoms with van der Waals surface area (Å²) >= 11 is 0. The molecular formula is C18H34N2O2. The van der Waals surface area contributed by atoms with Crippen LogP contribution >= 0.6 is 0 Å². The van der Waals surface area contributed by atoms with E-state index in [1.807, 2.05) is 13.8 Å². The second kappa shape index (κ2) is 7.47. The minimum Gasteiger partial charge on any atom is -0.349 e. The minimum absolute atomic E-state index is 0.0379. The third-order valence-electron chi connectivity index (χ3n) is 4.16. The topological polar surface area (TPSA) is 58.2 Å². The van der Waals surface area contributed by atoms with Gasteiger partial charge in [0.25, 0.3) is 0 Å². The Morgan fingerprint density at radius 2 is 1.59 bits per heavy atom. The Kier molecular flexibility index (Phi) is 6.45. The standard InChI is InChI=1S/C18H34N2O2/c1-13(19-16(22)14-10-8-7-9-11-14)15(21)20-18(5,6)12-17(2,3)4/h13-14H,7-12H2,1-6H3,(H,19,22)(H,20,21)/t13-/m0/s1. The van der Waals surface area contributed by atoms with E-state index < -0.39 is 6.04 Å². The zero-order valence-electron chi connectivity index (χ0n) is 15.2. The Morgan fingerprint density at radius 1 is 1.05 bits per heavy atom. The average Bonchev–Trinajstić information content (AvgIpc) is 2.36. The number of hydrogen-bond donors (Lipinski definition) is 2. The number of carbonyl (C=O) groups excluding carboxylic acids is 2. The van der Waals surface area contributed by atoms with Crippen LogP contribution in [0.1, 0.15) is 80.1 Å². The maximum Gasteiger partial charge on any atom is 0.242 e. The van der Waals surface area contributed by atoms with E-state index in [0.29, 0.717) is 0 Å². The highest BCUT2D eigenvalue weighted by Gasteiger charge is 2.30. The Hall–Kier alpha value is -1.06. The fourth-order valence-corrected chi connectivity index (χ4v) is 3.57. The summed E-state index contributed by atoms with van der Waals surface area (Å²) in [6.45, 7) is 12.3. The van der Waals surface area contributed by atoms with Gasteiger partial charge < -0.3 is 10.6 Å². The predicted octanol–water partition coefficient (Wildman–Crippen LogP) is 3.40. The molecule has 1 fully saturated rings. The van der Waals surface area contributed by atoms with Gasteiger partial charge in [-0.1, -0.05) is 40.0 Å². The van der Waals surface area contributed by atoms with Crippen LogP contribution in [0.25, 0.3) is 0 Å². The highest BCUT2D eigenvalue weighted by Crippen LogP contribution is 2.27. The van der Waals surface area contributed by atoms with E-state index in [1.165, 1.54) is 6.42 Å². The van der Waals surface area contributed by atoms with Crippen molar-refractivity contribution in [1.29, 1.82) is 0 Å². The van der Waals surface area contributed by atoms with Gasteiger partial charge in [-0.3, -0.25) is 9.59 Å². The van der Waals surface area contributed by atoms with Gasteiger partial charge in [0.2, 0.25) is 11.8 Å². The zero-order chi connectivity index (χ0) is 17.0. The fraction of sp³-hybridized carbons (Fsp3) is 0.889. The number of rotatable bonds is 5. The molecule has 0 radical (unpaired) electrons. The molecular weight excluding hydrogens is 276 g/mol. The van der Waals surface area contributed by atoms with Crippen molar-refractivity contribution in [2.45, 2.75) is 91.6 Å². The molecule has 4 heteroatoms. The van der Waals surface area contributed by atoms with Crippen molar-refractivity contribution < 1.29 is 9.59 Å². The van der Waals surface area contributed by atoms with Crippen LogP contribution in [0, 0.1) is 11.3 Å². The molecule has 1 saturated carbocycles. The quantitative estimate of drug-likeness (QED) is 0.817. The molecule has 2 amide bonds. The molecule has 0 aliphatic heterocycles. The Bertz CT molecular complexity index is 390. The summed E-state index contributed by atoms with van der Waals surface area (Å²) in [6.07, 6.45) is 6.26. The zero-order valence-corrected chi connectivity index (χ0v) is 15.2. The van der Waals surface area contributed by atoms with Gasteiger partial charge in [-0.2, -0.15) is 0 Å². The summed E-state index contributed by atoms with van der Waals surface area (Å²) in [5.74, 6) is 0.0287. The van der Waals surface area contributed by atoms with Crippen LogP contribution in [0.4, 0.5) is 0 Å². The highest BCUT2D eigenvalue weighted by atomic mass is 16.2. The van der Waals surface area contributed by atoms with Gasteiger partial charge >= 0.3 is 0 Å². The molecule has 128 valence electrons. The van der Waals surface area contributed by atoms with Crippen molar-refractivity contribution in [2.24, 2.45) is 11.3 Å². The first-order valence-electron chi connectivity index (χ1n) is 8.63. The molecule has 22 heavy (non-hydrogen) atoms. The van der Waals surface area contributed by atoms with Crippen molar-refractivity contribution >= 4 is 11.8 Å². The second-order valence-electron chi connectivity index (χ2n) is 8.68. The average molecular weight is 310 g/mol. The lowest BCUT2D eigenvalue weighted by molar-refractivity contribution is -0.132. The minimum atomic E-state index is -0.478. The van der Waals surface area contributed by atoms with E-state index >= 15 is 0 Å². The normalized spacial score (nSPS) is 18.6. The summed E-state index contributed by atoms with van der Waals surface area (Å²) in [6, 6.07) is -0.478. The monoisotopic (exact) mass is 310 g/mol. The van der Waals surface area contributed by atoms with Crippen LogP contribution in [-0.2, 0) is 9.59 Å². The highest BCUT2D eigenvalue weighted by molar-refractivity contribution is 5.88. The smallest absolute Gasteiger partial charge is 0.242 e. The number of hydrogen-bond acceptors (Lipinski definition) is 2. The maximum atomic E-state index is 12.3. The summed E-state index contributed by atoms with van der Waals surface area (Å²) < 4.78 is 0. The van der Waals surface area contributed by atoms with Crippen molar-refractivity contribution in [2.75, 3.05) is 0 Å². The Labute approximate surface area is 135 Å². The molecule has 0 spiro atoms. The van der Waals surface area contributed by atoms with Crippen LogP contribution in [0.2, 0.25) is 0 Å². The lowest BCUT2D eigenvalue weighted by atomic mass is 9.81. The molecule has 0 heterocycles. The van der Waals surface area contributed by atoms with Crippen LogP contribution in [0.15, 0.2) is 0 Å². The lowest BCUT2D eigenvalue weighted by Gasteiger charge is -2.34. The van der Waals surface area contributed by atoms with Gasteiger partial charge in [0.05, 0.1) is 0 Å². The first kappa shape index (κ1) is 19.0. The molecule has 0 aromatic carbocycles. The van der Waals surface area contributed by atoms with Crippen LogP contribution in [0.3, 0.4) is 0 Å². The Balaban J connectivity index is 2.48. The van der Waals surface area contributed by atoms with Gasteiger partial charge in [0.15, 0.2) is 0 Å². The van der Waals surface area contributed by atoms with Crippen molar-refractivity contribution in [3.05, 3.63) is 0 Å². The second-order valence-corrected chi connectivity index (χ2v) is 8.68. The van der Waals surface area contributed by atoms with Crippen LogP contribution in [0.5, 0.6) is 0 Å². The fourth-order valence-electron chi connectivity index (χ4n) is 3.57. The molecule has 0 unspecified atom stereocenters. The number of nitrogens with one attached hydrogen (secondary N) is 2. The first-order valence-corrected chi connectivity index (χ1v) is 8.63. The van der Waals surface area contributed by atoms with Gasteiger partial charge in [-0.25, -0.2) is 0 Å². The molecule has 2 N–H and O–H groups in total. The van der Waals surface area contributed by atoms with Crippen molar-refractivity contribution in [3.63, 3.8) is 0 Å². The molecule has 4 nitrogen and oxygen atoms in total. The molecule has 1 atom stereocenters. The van der Waals surface area contributed by atoms with Crippen molar-refractivity contribution in [3.8, 4) is 0 Å². The van der Waals surface area contributed by atoms with Crippen LogP contribution < -0.4 is 10.6 Å². The lowest BCUT2D eigenvalue weighted by Crippen LogP contribution is -2.53. The Morgan fingerprint density at radius 3 is 2.09 bits per heavy atom. The van der Waals surface area contributed by atoms with Gasteiger partial charge in [-0.15, -0.1) is 0 Å². The van der Waals surface area contributed by atoms with E-state index in [-0.39, 0.29) is 28.7 Å². The van der Waals surface area contributed by atoms with Crippen LogP contribution in [-0.4, -0.2) is 23.4 Å². The van der Waals surface area contributed by atoms with E-state index in [4.69, 9.17) is 0 Å². The summed E-state index contributed by atoms with van der Waals surface area (Å²) in [5.41, 5.74) is -0.134. The summed E-state index contributed by atoms with van der Waals surface area (Å²) in [7, 11) is 0. The maximum absolute atomic E-state index is 12.3. The molecule has 1 aliphatic carbocycles. The predicted molar refractivity (Wildman–Crippen MR) is 90.5 cm³/mol. The van der Waals surface area contributed by atoms with Gasteiger partial charge in [0, 0.05) is 11.5 Å². The molecule has 1 rings (SSSR count). The molecule has 0 saturated heterocycles. The molecule has 0 aromatic heterocycles. The molecule has 0 aromatic rings. The van der Waals surface area contributed by atoms with E-state index in [9.17, 15) is 9.59 Å². The summed E-state index contributed by atoms with van der Waals surface area (Å²) in [4.78, 5) is 24.6. The van der Waals surface area contributed by atoms with E-state index in [0.717, 1.165) is 32.1 Å². The van der Waals surface area contributed by atoms with Gasteiger partial charge in [0.1, 0.15) is 6.04 Å². The van der Waals surface area contributed by atoms with E-state index in [2.05, 4.69) is 31.4 Å². The van der Waals surface area contributed by atoms with Gasteiger partial charge in [-0.05, 0) is 45.4 Å². The number of carbonyl (C=O) groups is 2. The summed E-state index contributed by atoms with van der Waals surface area (Å²) in [5, 5.41) is 5.95.